The summed E-state index contributed by atoms with van der Waals surface area (Å²) >= 11 is 0. The molecule has 2 rings (SSSR count). The molecule has 0 saturated heterocycles. The zero-order chi connectivity index (χ0) is 19.6. The van der Waals surface area contributed by atoms with Gasteiger partial charge in [-0.05, 0) is 30.7 Å². The summed E-state index contributed by atoms with van der Waals surface area (Å²) in [6, 6.07) is 20.3. The molecule has 0 aliphatic heterocycles. The second kappa shape index (κ2) is 15.9. The van der Waals surface area contributed by atoms with Crippen molar-refractivity contribution in [3.05, 3.63) is 60.7 Å². The van der Waals surface area contributed by atoms with Gasteiger partial charge in [-0.25, -0.2) is 0 Å². The van der Waals surface area contributed by atoms with Crippen LogP contribution >= 0.6 is 0 Å². The molecule has 27 heavy (non-hydrogen) atoms. The molecule has 0 aromatic heterocycles. The van der Waals surface area contributed by atoms with Crippen LogP contribution in [0.3, 0.4) is 0 Å². The van der Waals surface area contributed by atoms with Crippen molar-refractivity contribution in [3.63, 3.8) is 0 Å². The number of hydrogen-bond donors (Lipinski definition) is 2. The van der Waals surface area contributed by atoms with Gasteiger partial charge in [0.15, 0.2) is 0 Å². The van der Waals surface area contributed by atoms with Crippen molar-refractivity contribution in [2.24, 2.45) is 0 Å². The molecule has 0 fully saturated rings. The highest BCUT2D eigenvalue weighted by Gasteiger charge is 1.96. The average molecular weight is 370 g/mol. The maximum Gasteiger partial charge on any atom is 0.303 e. The molecule has 0 aliphatic rings. The summed E-state index contributed by atoms with van der Waals surface area (Å²) in [6.07, 6.45) is 11.5. The molecule has 0 radical (unpaired) electrons. The van der Waals surface area contributed by atoms with Gasteiger partial charge in [-0.15, -0.1) is 0 Å². The Labute approximate surface area is 164 Å². The lowest BCUT2D eigenvalue weighted by molar-refractivity contribution is -0.137. The molecule has 0 bridgehead atoms. The van der Waals surface area contributed by atoms with Gasteiger partial charge in [0.25, 0.3) is 0 Å². The Kier molecular flexibility index (Phi) is 13.4. The van der Waals surface area contributed by atoms with Crippen LogP contribution in [0.15, 0.2) is 60.7 Å². The minimum atomic E-state index is -0.659. The van der Waals surface area contributed by atoms with Crippen molar-refractivity contribution in [3.8, 4) is 0 Å². The largest absolute Gasteiger partial charge is 0.481 e. The molecule has 148 valence electrons. The molecule has 2 N–H and O–H groups in total. The molecule has 3 heteroatoms. The number of rotatable bonds is 12. The van der Waals surface area contributed by atoms with E-state index in [1.165, 1.54) is 44.9 Å². The van der Waals surface area contributed by atoms with Gasteiger partial charge in [-0.2, -0.15) is 0 Å². The molecular weight excluding hydrogens is 334 g/mol. The van der Waals surface area contributed by atoms with Crippen molar-refractivity contribution in [1.82, 2.24) is 0 Å². The minimum absolute atomic E-state index is 0.343. The van der Waals surface area contributed by atoms with E-state index in [9.17, 15) is 4.79 Å². The van der Waals surface area contributed by atoms with Crippen molar-refractivity contribution in [1.29, 1.82) is 0 Å². The van der Waals surface area contributed by atoms with Crippen LogP contribution in [-0.4, -0.2) is 11.1 Å². The smallest absolute Gasteiger partial charge is 0.303 e. The maximum atomic E-state index is 10.2. The Morgan fingerprint density at radius 3 is 1.52 bits per heavy atom. The zero-order valence-corrected chi connectivity index (χ0v) is 16.7. The first-order chi connectivity index (χ1) is 13.2. The number of unbranched alkanes of at least 4 members (excludes halogenated alkanes) is 8. The Morgan fingerprint density at radius 1 is 0.704 bits per heavy atom. The topological polar surface area (TPSA) is 49.3 Å². The van der Waals surface area contributed by atoms with E-state index in [-0.39, 0.29) is 0 Å². The Hall–Kier alpha value is -2.29. The summed E-state index contributed by atoms with van der Waals surface area (Å²) in [5.74, 6) is -0.659. The number of carboxylic acids is 1. The van der Waals surface area contributed by atoms with Crippen molar-refractivity contribution in [2.45, 2.75) is 71.1 Å². The third-order valence-corrected chi connectivity index (χ3v) is 4.33. The van der Waals surface area contributed by atoms with Gasteiger partial charge >= 0.3 is 5.97 Å². The molecule has 0 amide bonds. The van der Waals surface area contributed by atoms with E-state index >= 15 is 0 Å². The van der Waals surface area contributed by atoms with Crippen LogP contribution in [0.5, 0.6) is 0 Å². The van der Waals surface area contributed by atoms with Crippen LogP contribution in [0.1, 0.15) is 71.1 Å². The summed E-state index contributed by atoms with van der Waals surface area (Å²) in [6.45, 7) is 2.23. The highest BCUT2D eigenvalue weighted by atomic mass is 16.4. The Balaban J connectivity index is 0.000000270. The first kappa shape index (κ1) is 22.8. The van der Waals surface area contributed by atoms with Crippen LogP contribution < -0.4 is 5.32 Å². The van der Waals surface area contributed by atoms with Crippen molar-refractivity contribution < 1.29 is 9.90 Å². The minimum Gasteiger partial charge on any atom is -0.481 e. The van der Waals surface area contributed by atoms with Crippen molar-refractivity contribution >= 4 is 17.3 Å². The molecule has 0 aliphatic carbocycles. The number of carboxylic acid groups (broad SMARTS) is 1. The summed E-state index contributed by atoms with van der Waals surface area (Å²) in [7, 11) is 0. The number of carbonyl (C=O) groups is 1. The van der Waals surface area contributed by atoms with Crippen LogP contribution in [-0.2, 0) is 4.79 Å². The van der Waals surface area contributed by atoms with Crippen molar-refractivity contribution in [2.75, 3.05) is 5.32 Å². The van der Waals surface area contributed by atoms with Gasteiger partial charge in [-0.3, -0.25) is 4.79 Å². The van der Waals surface area contributed by atoms with E-state index in [0.717, 1.165) is 24.2 Å². The second-order valence-electron chi connectivity index (χ2n) is 6.83. The number of para-hydroxylation sites is 2. The van der Waals surface area contributed by atoms with Crippen LogP contribution in [0.4, 0.5) is 11.4 Å². The fraction of sp³-hybridized carbons (Fsp3) is 0.458. The second-order valence-corrected chi connectivity index (χ2v) is 6.83. The normalized spacial score (nSPS) is 9.96. The highest BCUT2D eigenvalue weighted by molar-refractivity contribution is 5.66. The van der Waals surface area contributed by atoms with Gasteiger partial charge in [-0.1, -0.05) is 94.7 Å². The number of anilines is 2. The lowest BCUT2D eigenvalue weighted by atomic mass is 10.1. The lowest BCUT2D eigenvalue weighted by Gasteiger charge is -2.04. The van der Waals surface area contributed by atoms with Gasteiger partial charge < -0.3 is 10.4 Å². The first-order valence-corrected chi connectivity index (χ1v) is 10.3. The SMILES string of the molecule is CCCCCCCCCCCC(=O)O.c1ccc(Nc2ccccc2)cc1. The monoisotopic (exact) mass is 369 g/mol. The van der Waals surface area contributed by atoms with E-state index in [0.29, 0.717) is 6.42 Å². The average Bonchev–Trinajstić information content (AvgIpc) is 2.69. The number of benzene rings is 2. The standard InChI is InChI=1S/C12H11N.C12H24O2/c1-3-7-11(8-4-1)13-12-9-5-2-6-10-12;1-2-3-4-5-6-7-8-9-10-11-12(13)14/h1-10,13H;2-11H2,1H3,(H,13,14). The fourth-order valence-corrected chi connectivity index (χ4v) is 2.80. The van der Waals surface area contributed by atoms with E-state index in [1.807, 2.05) is 60.7 Å². The molecule has 0 spiro atoms. The maximum absolute atomic E-state index is 10.2. The zero-order valence-electron chi connectivity index (χ0n) is 16.7. The van der Waals surface area contributed by atoms with E-state index in [4.69, 9.17) is 5.11 Å². The summed E-state index contributed by atoms with van der Waals surface area (Å²) in [5, 5.41) is 11.7. The number of aliphatic carboxylic acids is 1. The van der Waals surface area contributed by atoms with E-state index in [2.05, 4.69) is 12.2 Å². The van der Waals surface area contributed by atoms with Gasteiger partial charge in [0.2, 0.25) is 0 Å². The van der Waals surface area contributed by atoms with Crippen LogP contribution in [0, 0.1) is 0 Å². The lowest BCUT2D eigenvalue weighted by Crippen LogP contribution is -1.93. The van der Waals surface area contributed by atoms with Gasteiger partial charge in [0, 0.05) is 17.8 Å². The summed E-state index contributed by atoms with van der Waals surface area (Å²) in [5.41, 5.74) is 2.24. The highest BCUT2D eigenvalue weighted by Crippen LogP contribution is 2.14. The predicted octanol–water partition coefficient (Wildman–Crippen LogP) is 7.42. The molecule has 0 unspecified atom stereocenters. The van der Waals surface area contributed by atoms with Gasteiger partial charge in [0.05, 0.1) is 0 Å². The van der Waals surface area contributed by atoms with E-state index in [1.54, 1.807) is 0 Å². The number of nitrogens with one attached hydrogen (secondary N) is 1. The molecule has 3 nitrogen and oxygen atoms in total. The molecular formula is C24H35NO2. The Morgan fingerprint density at radius 2 is 1.11 bits per heavy atom. The molecule has 2 aromatic rings. The van der Waals surface area contributed by atoms with Crippen LogP contribution in [0.25, 0.3) is 0 Å². The molecule has 0 heterocycles. The summed E-state index contributed by atoms with van der Waals surface area (Å²) in [4.78, 5) is 10.2. The quantitative estimate of drug-likeness (QED) is 0.383. The van der Waals surface area contributed by atoms with Crippen LogP contribution in [0.2, 0.25) is 0 Å². The third-order valence-electron chi connectivity index (χ3n) is 4.33. The molecule has 2 aromatic carbocycles. The first-order valence-electron chi connectivity index (χ1n) is 10.3. The fourth-order valence-electron chi connectivity index (χ4n) is 2.80. The van der Waals surface area contributed by atoms with Gasteiger partial charge in [0.1, 0.15) is 0 Å². The van der Waals surface area contributed by atoms with E-state index < -0.39 is 5.97 Å². The Bertz CT molecular complexity index is 546. The number of hydrogen-bond acceptors (Lipinski definition) is 2. The molecule has 0 atom stereocenters. The molecule has 0 saturated carbocycles. The third kappa shape index (κ3) is 13.6. The predicted molar refractivity (Wildman–Crippen MR) is 116 cm³/mol. The summed E-state index contributed by atoms with van der Waals surface area (Å²) < 4.78 is 0.